The van der Waals surface area contributed by atoms with Crippen LogP contribution in [0.3, 0.4) is 0 Å². The average Bonchev–Trinajstić information content (AvgIpc) is 3.06. The highest BCUT2D eigenvalue weighted by Crippen LogP contribution is 2.54. The molecule has 0 saturated heterocycles. The van der Waals surface area contributed by atoms with E-state index in [9.17, 15) is 44.7 Å². The van der Waals surface area contributed by atoms with Crippen LogP contribution >= 0.6 is 0 Å². The third kappa shape index (κ3) is 7.09. The van der Waals surface area contributed by atoms with E-state index in [1.165, 1.54) is 23.9 Å². The lowest BCUT2D eigenvalue weighted by Gasteiger charge is -2.50. The molecule has 2 aromatic rings. The molecule has 5 unspecified atom stereocenters. The zero-order valence-corrected chi connectivity index (χ0v) is 30.9. The van der Waals surface area contributed by atoms with Crippen LogP contribution in [0.1, 0.15) is 55.7 Å². The Morgan fingerprint density at radius 2 is 1.70 bits per heavy atom. The summed E-state index contributed by atoms with van der Waals surface area (Å²) >= 11 is 0. The topological polar surface area (TPSA) is 224 Å². The second-order valence-electron chi connectivity index (χ2n) is 15.5. The minimum atomic E-state index is -2.77. The van der Waals surface area contributed by atoms with Crippen LogP contribution in [0.25, 0.3) is 5.76 Å². The zero-order valence-electron chi connectivity index (χ0n) is 30.9. The predicted molar refractivity (Wildman–Crippen MR) is 192 cm³/mol. The molecule has 0 spiro atoms. The number of aliphatic hydroxyl groups is 4. The molecule has 15 heteroatoms. The normalized spacial score (nSPS) is 23.3. The van der Waals surface area contributed by atoms with Crippen molar-refractivity contribution in [3.05, 3.63) is 75.6 Å². The Morgan fingerprint density at radius 3 is 2.26 bits per heavy atom. The highest BCUT2D eigenvalue weighted by atomic mass is 16.7. The lowest BCUT2D eigenvalue weighted by molar-refractivity contribution is -0.158. The number of ether oxygens (including phenoxy) is 2. The van der Waals surface area contributed by atoms with Crippen molar-refractivity contribution in [3.8, 4) is 5.75 Å². The molecule has 0 aliphatic heterocycles. The van der Waals surface area contributed by atoms with Gasteiger partial charge in [-0.1, -0.05) is 51.1 Å². The van der Waals surface area contributed by atoms with Gasteiger partial charge in [0.05, 0.1) is 18.2 Å². The van der Waals surface area contributed by atoms with Gasteiger partial charge in [0.15, 0.2) is 24.5 Å². The van der Waals surface area contributed by atoms with Crippen LogP contribution in [0.15, 0.2) is 53.3 Å². The van der Waals surface area contributed by atoms with Crippen LogP contribution in [-0.4, -0.2) is 112 Å². The number of aromatic hydroxyl groups is 1. The van der Waals surface area contributed by atoms with Crippen molar-refractivity contribution in [1.29, 1.82) is 0 Å². The summed E-state index contributed by atoms with van der Waals surface area (Å²) in [5.41, 5.74) is 2.65. The molecule has 53 heavy (non-hydrogen) atoms. The summed E-state index contributed by atoms with van der Waals surface area (Å²) in [5.74, 6) is -7.46. The number of nitrogens with two attached hydrogens (primary N) is 1. The van der Waals surface area contributed by atoms with Crippen molar-refractivity contribution in [3.63, 3.8) is 0 Å². The largest absolute Gasteiger partial charge is 0.508 e. The molecule has 0 radical (unpaired) electrons. The monoisotopic (exact) mass is 736 g/mol. The van der Waals surface area contributed by atoms with Gasteiger partial charge in [0.25, 0.3) is 5.91 Å². The molecule has 5 rings (SSSR count). The molecule has 2 amide bonds. The van der Waals surface area contributed by atoms with Crippen LogP contribution in [0.5, 0.6) is 5.75 Å². The summed E-state index contributed by atoms with van der Waals surface area (Å²) in [6, 6.07) is 9.01. The van der Waals surface area contributed by atoms with E-state index in [0.29, 0.717) is 16.8 Å². The number of primary amides is 1. The van der Waals surface area contributed by atoms with Crippen molar-refractivity contribution in [2.24, 2.45) is 23.0 Å². The van der Waals surface area contributed by atoms with Gasteiger partial charge in [-0.3, -0.25) is 19.3 Å². The molecule has 1 fully saturated rings. The summed E-state index contributed by atoms with van der Waals surface area (Å²) in [4.78, 5) is 58.1. The van der Waals surface area contributed by atoms with Gasteiger partial charge in [-0.25, -0.2) is 4.79 Å². The molecule has 1 saturated carbocycles. The SMILES string of the molecule is CN(C)c1cc(CN(CC(C)(C)C)C(=O)OCOC(O)c2ccccc2)c(O)c2c1CC1CC3C(N(C)C)C(=O)C(C(N)=O)=C(O)C3(O)C(=O)C1=C2O. The number of hydrogen-bond acceptors (Lipinski definition) is 13. The first-order valence-electron chi connectivity index (χ1n) is 17.2. The van der Waals surface area contributed by atoms with Crippen molar-refractivity contribution in [2.45, 2.75) is 58.1 Å². The van der Waals surface area contributed by atoms with Crippen molar-refractivity contribution in [2.75, 3.05) is 46.4 Å². The van der Waals surface area contributed by atoms with Crippen molar-refractivity contribution >= 4 is 35.0 Å². The number of rotatable bonds is 10. The molecule has 7 N–H and O–H groups in total. The number of hydrogen-bond donors (Lipinski definition) is 6. The fraction of sp³-hybridized carbons (Fsp3) is 0.474. The first-order chi connectivity index (χ1) is 24.7. The van der Waals surface area contributed by atoms with Gasteiger partial charge in [0, 0.05) is 48.9 Å². The van der Waals surface area contributed by atoms with Gasteiger partial charge in [-0.2, -0.15) is 0 Å². The Balaban J connectivity index is 1.55. The van der Waals surface area contributed by atoms with E-state index in [1.807, 2.05) is 20.8 Å². The Bertz CT molecular complexity index is 1880. The van der Waals surface area contributed by atoms with E-state index in [4.69, 9.17) is 15.2 Å². The van der Waals surface area contributed by atoms with Gasteiger partial charge in [-0.15, -0.1) is 0 Å². The number of anilines is 1. The minimum absolute atomic E-state index is 0.0482. The minimum Gasteiger partial charge on any atom is -0.508 e. The standard InChI is InChI=1S/C38H48N4O11/c1-37(2,3)17-42(36(50)53-18-52-35(49)19-11-9-8-10-12-19)16-21-15-24(40(4)5)22-13-20-14-23-28(41(6)7)31(45)27(34(39)48)33(47)38(23,51)32(46)25(20)30(44)26(22)29(21)43/h8-12,15,20,23,28,35,43-44,47,49,51H,13-14,16-18H2,1-7H3,(H2,39,48). The molecule has 2 aromatic carbocycles. The molecule has 0 aromatic heterocycles. The molecular weight excluding hydrogens is 688 g/mol. The molecule has 0 bridgehead atoms. The molecule has 0 heterocycles. The summed E-state index contributed by atoms with van der Waals surface area (Å²) in [7, 11) is 6.59. The van der Waals surface area contributed by atoms with Crippen LogP contribution in [0.4, 0.5) is 10.5 Å². The quantitative estimate of drug-likeness (QED) is 0.153. The number of ketones is 2. The number of benzene rings is 2. The number of carbonyl (C=O) groups is 4. The van der Waals surface area contributed by atoms with E-state index >= 15 is 0 Å². The number of phenols is 1. The molecule has 3 aliphatic carbocycles. The summed E-state index contributed by atoms with van der Waals surface area (Å²) in [6.07, 6.45) is -2.10. The van der Waals surface area contributed by atoms with Gasteiger partial charge < -0.3 is 50.5 Å². The Hall–Kier alpha value is -4.96. The number of Topliss-reactive ketones (excluding diaryl/α,β-unsaturated/α-hetero) is 2. The second kappa shape index (κ2) is 14.5. The molecular formula is C38H48N4O11. The third-order valence-electron chi connectivity index (χ3n) is 10.0. The maximum atomic E-state index is 14.3. The third-order valence-corrected chi connectivity index (χ3v) is 10.0. The first-order valence-corrected chi connectivity index (χ1v) is 17.2. The smallest absolute Gasteiger partial charge is 0.412 e. The Kier molecular flexibility index (Phi) is 10.7. The fourth-order valence-electron chi connectivity index (χ4n) is 7.78. The first kappa shape index (κ1) is 39.3. The lowest BCUT2D eigenvalue weighted by Crippen LogP contribution is -2.65. The summed E-state index contributed by atoms with van der Waals surface area (Å²) < 4.78 is 10.7. The van der Waals surface area contributed by atoms with Crippen molar-refractivity contribution in [1.82, 2.24) is 9.80 Å². The number of likely N-dealkylation sites (N-methyl/N-ethyl adjacent to an activating group) is 1. The van der Waals surface area contributed by atoms with Crippen LogP contribution < -0.4 is 10.6 Å². The number of fused-ring (bicyclic) bond motifs is 3. The highest BCUT2D eigenvalue weighted by molar-refractivity contribution is 6.24. The van der Waals surface area contributed by atoms with E-state index in [0.717, 1.165) is 0 Å². The van der Waals surface area contributed by atoms with E-state index < -0.39 is 88.4 Å². The van der Waals surface area contributed by atoms with Gasteiger partial charge in [0.2, 0.25) is 5.78 Å². The maximum Gasteiger partial charge on any atom is 0.412 e. The molecule has 3 aliphatic rings. The lowest BCUT2D eigenvalue weighted by atomic mass is 9.57. The van der Waals surface area contributed by atoms with E-state index in [-0.39, 0.29) is 42.6 Å². The number of carbonyl (C=O) groups excluding carboxylic acids is 4. The van der Waals surface area contributed by atoms with Gasteiger partial charge in [-0.05, 0) is 49.9 Å². The average molecular weight is 737 g/mol. The van der Waals surface area contributed by atoms with E-state index in [2.05, 4.69) is 0 Å². The second-order valence-corrected chi connectivity index (χ2v) is 15.5. The van der Waals surface area contributed by atoms with Crippen LogP contribution in [0, 0.1) is 17.3 Å². The molecule has 15 nitrogen and oxygen atoms in total. The van der Waals surface area contributed by atoms with Gasteiger partial charge >= 0.3 is 6.09 Å². The van der Waals surface area contributed by atoms with Crippen molar-refractivity contribution < 1.29 is 54.2 Å². The Labute approximate surface area is 307 Å². The number of aliphatic hydroxyl groups excluding tert-OH is 3. The van der Waals surface area contributed by atoms with Crippen LogP contribution in [0.2, 0.25) is 0 Å². The summed E-state index contributed by atoms with van der Waals surface area (Å²) in [6.45, 7) is 5.07. The zero-order chi connectivity index (χ0) is 39.3. The summed E-state index contributed by atoms with van der Waals surface area (Å²) in [5, 5.41) is 57.2. The number of amides is 2. The fourth-order valence-corrected chi connectivity index (χ4v) is 7.78. The molecule has 286 valence electrons. The van der Waals surface area contributed by atoms with E-state index in [1.54, 1.807) is 55.4 Å². The molecule has 5 atom stereocenters. The Morgan fingerprint density at radius 1 is 1.06 bits per heavy atom. The maximum absolute atomic E-state index is 14.3. The van der Waals surface area contributed by atoms with Gasteiger partial charge in [0.1, 0.15) is 22.8 Å². The number of nitrogens with zero attached hydrogens (tertiary/aromatic N) is 3. The predicted octanol–water partition coefficient (Wildman–Crippen LogP) is 2.68. The number of phenolic OH excluding ortho intramolecular Hbond substituents is 1. The highest BCUT2D eigenvalue weighted by Gasteiger charge is 2.64. The van der Waals surface area contributed by atoms with Crippen LogP contribution in [-0.2, 0) is 36.8 Å².